The van der Waals surface area contributed by atoms with E-state index < -0.39 is 31.6 Å². The average molecular weight is 715 g/mol. The number of rotatable bonds is 7. The summed E-state index contributed by atoms with van der Waals surface area (Å²) >= 11 is 0. The molecule has 6 aromatic rings. The number of aryl methyl sites for hydroxylation is 4. The number of benzene rings is 6. The zero-order chi connectivity index (χ0) is 35.5. The zero-order valence-electron chi connectivity index (χ0n) is 28.5. The van der Waals surface area contributed by atoms with E-state index in [-0.39, 0.29) is 5.75 Å². The van der Waals surface area contributed by atoms with Crippen molar-refractivity contribution in [2.45, 2.75) is 52.8 Å². The predicted molar refractivity (Wildman–Crippen MR) is 203 cm³/mol. The van der Waals surface area contributed by atoms with Gasteiger partial charge in [-0.3, -0.25) is 0 Å². The summed E-state index contributed by atoms with van der Waals surface area (Å²) in [7, 11) is -9.55. The average Bonchev–Trinajstić information content (AvgIpc) is 2.99. The van der Waals surface area contributed by atoms with Crippen LogP contribution >= 0.6 is 7.92 Å². The molecule has 0 aliphatic rings. The molecule has 6 rings (SSSR count). The SMILES string of the molecule is Cc1cc(C)cc(P(c2cc(C)cc(C)c2)c2ccc3ccccc3c2-c2c(OS(=O)(=O)C(F)(F)F)cc([Si](C)(C)C)c3ccccc23)c1. The molecule has 0 N–H and O–H groups in total. The first-order valence-electron chi connectivity index (χ1n) is 16.0. The Morgan fingerprint density at radius 3 is 1.61 bits per heavy atom. The third-order valence-corrected chi connectivity index (χ3v) is 14.0. The van der Waals surface area contributed by atoms with E-state index in [1.54, 1.807) is 6.07 Å². The summed E-state index contributed by atoms with van der Waals surface area (Å²) in [6, 6.07) is 33.9. The van der Waals surface area contributed by atoms with Crippen LogP contribution in [0.2, 0.25) is 19.6 Å². The van der Waals surface area contributed by atoms with Crippen LogP contribution in [0, 0.1) is 27.7 Å². The Morgan fingerprint density at radius 2 is 1.10 bits per heavy atom. The van der Waals surface area contributed by atoms with Crippen molar-refractivity contribution in [2.75, 3.05) is 0 Å². The maximum atomic E-state index is 14.1. The molecule has 0 spiro atoms. The maximum absolute atomic E-state index is 14.1. The van der Waals surface area contributed by atoms with E-state index in [1.807, 2.05) is 54.6 Å². The Kier molecular flexibility index (Phi) is 9.06. The highest BCUT2D eigenvalue weighted by molar-refractivity contribution is 7.88. The lowest BCUT2D eigenvalue weighted by Crippen LogP contribution is -2.38. The molecule has 9 heteroatoms. The fourth-order valence-electron chi connectivity index (χ4n) is 6.76. The van der Waals surface area contributed by atoms with Gasteiger partial charge >= 0.3 is 15.6 Å². The summed E-state index contributed by atoms with van der Waals surface area (Å²) in [6.45, 7) is 14.5. The van der Waals surface area contributed by atoms with Crippen molar-refractivity contribution in [2.24, 2.45) is 0 Å². The van der Waals surface area contributed by atoms with Gasteiger partial charge in [0.05, 0.1) is 8.07 Å². The number of hydrogen-bond donors (Lipinski definition) is 0. The summed E-state index contributed by atoms with van der Waals surface area (Å²) in [4.78, 5) is 0. The first-order valence-corrected chi connectivity index (χ1v) is 22.3. The molecule has 0 fully saturated rings. The van der Waals surface area contributed by atoms with Gasteiger partial charge in [0.1, 0.15) is 0 Å². The minimum atomic E-state index is -6.00. The molecular weight excluding hydrogens is 677 g/mol. The van der Waals surface area contributed by atoms with Gasteiger partial charge in [0.25, 0.3) is 0 Å². The van der Waals surface area contributed by atoms with Gasteiger partial charge in [0, 0.05) is 11.1 Å². The van der Waals surface area contributed by atoms with Crippen LogP contribution < -0.4 is 25.3 Å². The topological polar surface area (TPSA) is 43.4 Å². The van der Waals surface area contributed by atoms with Gasteiger partial charge in [-0.15, -0.1) is 0 Å². The van der Waals surface area contributed by atoms with Crippen LogP contribution in [0.3, 0.4) is 0 Å². The van der Waals surface area contributed by atoms with Crippen LogP contribution in [0.15, 0.2) is 103 Å². The van der Waals surface area contributed by atoms with Crippen molar-refractivity contribution < 1.29 is 25.8 Å². The van der Waals surface area contributed by atoms with Crippen LogP contribution in [0.1, 0.15) is 22.3 Å². The van der Waals surface area contributed by atoms with Crippen LogP contribution in [-0.2, 0) is 10.1 Å². The molecular formula is C40H38F3O3PSSi. The van der Waals surface area contributed by atoms with Crippen LogP contribution in [0.5, 0.6) is 5.75 Å². The van der Waals surface area contributed by atoms with Gasteiger partial charge in [-0.05, 0) is 84.3 Å². The molecule has 0 unspecified atom stereocenters. The Hall–Kier alpha value is -3.97. The molecule has 0 aromatic heterocycles. The fraction of sp³-hybridized carbons (Fsp3) is 0.200. The molecule has 252 valence electrons. The molecule has 0 aliphatic carbocycles. The molecule has 0 aliphatic heterocycles. The van der Waals surface area contributed by atoms with Gasteiger partial charge in [0.15, 0.2) is 5.75 Å². The summed E-state index contributed by atoms with van der Waals surface area (Å²) in [5.74, 6) is -0.318. The molecule has 0 saturated heterocycles. The van der Waals surface area contributed by atoms with Gasteiger partial charge in [-0.1, -0.05) is 139 Å². The molecule has 0 saturated carbocycles. The van der Waals surface area contributed by atoms with E-state index in [2.05, 4.69) is 89.8 Å². The van der Waals surface area contributed by atoms with Crippen molar-refractivity contribution in [3.63, 3.8) is 0 Å². The summed E-state index contributed by atoms with van der Waals surface area (Å²) in [5.41, 5.74) is -0.230. The minimum Gasteiger partial charge on any atom is -0.375 e. The number of fused-ring (bicyclic) bond motifs is 2. The van der Waals surface area contributed by atoms with Crippen LogP contribution in [0.4, 0.5) is 13.2 Å². The highest BCUT2D eigenvalue weighted by Gasteiger charge is 2.49. The van der Waals surface area contributed by atoms with Gasteiger partial charge in [0.2, 0.25) is 0 Å². The van der Waals surface area contributed by atoms with Crippen LogP contribution in [-0.4, -0.2) is 22.0 Å². The number of hydrogen-bond acceptors (Lipinski definition) is 3. The smallest absolute Gasteiger partial charge is 0.375 e. The molecule has 3 nitrogen and oxygen atoms in total. The van der Waals surface area contributed by atoms with Crippen molar-refractivity contribution in [3.8, 4) is 16.9 Å². The molecule has 0 radical (unpaired) electrons. The number of halogens is 3. The Balaban J connectivity index is 1.84. The Bertz CT molecular complexity index is 2270. The predicted octanol–water partition coefficient (Wildman–Crippen LogP) is 9.43. The maximum Gasteiger partial charge on any atom is 0.534 e. The van der Waals surface area contributed by atoms with Crippen molar-refractivity contribution >= 4 is 68.8 Å². The normalized spacial score (nSPS) is 12.6. The molecule has 6 aromatic carbocycles. The lowest BCUT2D eigenvalue weighted by atomic mass is 9.93. The quantitative estimate of drug-likeness (QED) is 0.0717. The second-order valence-electron chi connectivity index (χ2n) is 13.8. The molecule has 0 atom stereocenters. The molecule has 49 heavy (non-hydrogen) atoms. The highest BCUT2D eigenvalue weighted by atomic mass is 32.2. The van der Waals surface area contributed by atoms with Gasteiger partial charge in [-0.25, -0.2) is 0 Å². The first kappa shape index (κ1) is 34.9. The standard InChI is InChI=1S/C40H38F3O3PSSi/c1-25-18-26(2)21-30(20-25)47(31-22-27(3)19-28(4)23-31)36-17-16-29-12-8-9-13-32(29)39(36)38-34-15-11-10-14-33(34)37(49(5,6)7)24-35(38)46-48(44,45)40(41,42)43/h8-24H,1-7H3. The largest absolute Gasteiger partial charge is 0.534 e. The van der Waals surface area contributed by atoms with E-state index in [9.17, 15) is 21.6 Å². The fourth-order valence-corrected chi connectivity index (χ4v) is 11.7. The molecule has 0 heterocycles. The third kappa shape index (κ3) is 6.79. The minimum absolute atomic E-state index is 0.318. The number of alkyl halides is 3. The third-order valence-electron chi connectivity index (χ3n) is 8.63. The summed E-state index contributed by atoms with van der Waals surface area (Å²) < 4.78 is 73.1. The Labute approximate surface area is 288 Å². The van der Waals surface area contributed by atoms with Gasteiger partial charge in [-0.2, -0.15) is 21.6 Å². The van der Waals surface area contributed by atoms with Crippen molar-refractivity contribution in [1.82, 2.24) is 0 Å². The summed E-state index contributed by atoms with van der Waals surface area (Å²) in [5, 5.41) is 7.06. The lowest BCUT2D eigenvalue weighted by Gasteiger charge is -2.28. The monoisotopic (exact) mass is 714 g/mol. The first-order chi connectivity index (χ1) is 22.9. The lowest BCUT2D eigenvalue weighted by molar-refractivity contribution is -0.0499. The summed E-state index contributed by atoms with van der Waals surface area (Å²) in [6.07, 6.45) is 0. The van der Waals surface area contributed by atoms with E-state index in [4.69, 9.17) is 4.18 Å². The molecule has 0 bridgehead atoms. The van der Waals surface area contributed by atoms with E-state index >= 15 is 0 Å². The van der Waals surface area contributed by atoms with E-state index in [0.29, 0.717) is 16.5 Å². The molecule has 0 amide bonds. The highest BCUT2D eigenvalue weighted by Crippen LogP contribution is 2.47. The van der Waals surface area contributed by atoms with Crippen molar-refractivity contribution in [3.05, 3.63) is 125 Å². The van der Waals surface area contributed by atoms with E-state index in [0.717, 1.165) is 59.5 Å². The van der Waals surface area contributed by atoms with Gasteiger partial charge < -0.3 is 4.18 Å². The zero-order valence-corrected chi connectivity index (χ0v) is 31.2. The van der Waals surface area contributed by atoms with E-state index in [1.165, 1.54) is 0 Å². The van der Waals surface area contributed by atoms with Crippen molar-refractivity contribution in [1.29, 1.82) is 0 Å². The second kappa shape index (κ2) is 12.7. The second-order valence-corrected chi connectivity index (χ2v) is 22.5. The van der Waals surface area contributed by atoms with Crippen LogP contribution in [0.25, 0.3) is 32.7 Å². The Morgan fingerprint density at radius 1 is 0.612 bits per heavy atom.